The number of methoxy groups -OCH3 is 1. The Morgan fingerprint density at radius 2 is 2.21 bits per heavy atom. The van der Waals surface area contributed by atoms with Crippen LogP contribution in [0.25, 0.3) is 0 Å². The second-order valence-corrected chi connectivity index (χ2v) is 3.93. The number of hydrogen-bond acceptors (Lipinski definition) is 6. The molecule has 102 valence electrons. The topological polar surface area (TPSA) is 105 Å². The normalized spacial score (nSPS) is 9.89. The standard InChI is InChI=1S/C12H16N4O3/c1-19-6-5-15(4-2-3-13)11-7-10(14)8-12(9-11)16(17)18/h7-9H,2,4-6,14H2,1H3. The summed E-state index contributed by atoms with van der Waals surface area (Å²) in [7, 11) is 1.57. The van der Waals surface area contributed by atoms with Gasteiger partial charge in [0.2, 0.25) is 0 Å². The van der Waals surface area contributed by atoms with E-state index in [1.54, 1.807) is 13.2 Å². The van der Waals surface area contributed by atoms with Crippen LogP contribution in [0.4, 0.5) is 17.1 Å². The van der Waals surface area contributed by atoms with Gasteiger partial charge in [-0.05, 0) is 6.07 Å². The van der Waals surface area contributed by atoms with Crippen molar-refractivity contribution >= 4 is 17.1 Å². The van der Waals surface area contributed by atoms with E-state index in [1.807, 2.05) is 11.0 Å². The second kappa shape index (κ2) is 7.18. The number of non-ortho nitro benzene ring substituents is 1. The van der Waals surface area contributed by atoms with Gasteiger partial charge in [-0.15, -0.1) is 0 Å². The third-order valence-corrected chi connectivity index (χ3v) is 2.56. The van der Waals surface area contributed by atoms with Crippen LogP contribution >= 0.6 is 0 Å². The van der Waals surface area contributed by atoms with Crippen LogP contribution < -0.4 is 10.6 Å². The van der Waals surface area contributed by atoms with Crippen molar-refractivity contribution in [2.24, 2.45) is 0 Å². The minimum atomic E-state index is -0.487. The molecule has 0 heterocycles. The molecule has 0 atom stereocenters. The average molecular weight is 264 g/mol. The van der Waals surface area contributed by atoms with E-state index in [0.717, 1.165) is 0 Å². The first kappa shape index (κ1) is 14.7. The van der Waals surface area contributed by atoms with Crippen LogP contribution in [0.15, 0.2) is 18.2 Å². The Balaban J connectivity index is 2.99. The fourth-order valence-corrected chi connectivity index (χ4v) is 1.66. The van der Waals surface area contributed by atoms with E-state index in [1.165, 1.54) is 12.1 Å². The highest BCUT2D eigenvalue weighted by Gasteiger charge is 2.13. The first-order valence-electron chi connectivity index (χ1n) is 5.74. The highest BCUT2D eigenvalue weighted by molar-refractivity contribution is 5.62. The maximum atomic E-state index is 10.8. The van der Waals surface area contributed by atoms with Crippen LogP contribution in [0.1, 0.15) is 6.42 Å². The Morgan fingerprint density at radius 3 is 2.79 bits per heavy atom. The van der Waals surface area contributed by atoms with Crippen molar-refractivity contribution in [3.63, 3.8) is 0 Å². The zero-order valence-corrected chi connectivity index (χ0v) is 10.7. The number of nitrogen functional groups attached to an aromatic ring is 1. The molecule has 2 N–H and O–H groups in total. The summed E-state index contributed by atoms with van der Waals surface area (Å²) in [6.07, 6.45) is 0.326. The smallest absolute Gasteiger partial charge is 0.273 e. The highest BCUT2D eigenvalue weighted by atomic mass is 16.6. The zero-order valence-electron chi connectivity index (χ0n) is 10.7. The van der Waals surface area contributed by atoms with E-state index >= 15 is 0 Å². The van der Waals surface area contributed by atoms with Crippen LogP contribution in [-0.4, -0.2) is 31.7 Å². The fourth-order valence-electron chi connectivity index (χ4n) is 1.66. The van der Waals surface area contributed by atoms with Gasteiger partial charge in [-0.25, -0.2) is 0 Å². The number of benzene rings is 1. The van der Waals surface area contributed by atoms with Gasteiger partial charge in [-0.3, -0.25) is 10.1 Å². The lowest BCUT2D eigenvalue weighted by atomic mass is 10.2. The number of nitriles is 1. The van der Waals surface area contributed by atoms with Crippen LogP contribution in [0.5, 0.6) is 0 Å². The monoisotopic (exact) mass is 264 g/mol. The summed E-state index contributed by atoms with van der Waals surface area (Å²) in [4.78, 5) is 12.2. The third kappa shape index (κ3) is 4.44. The molecule has 0 saturated carbocycles. The molecular formula is C12H16N4O3. The summed E-state index contributed by atoms with van der Waals surface area (Å²) in [5.74, 6) is 0. The van der Waals surface area contributed by atoms with Gasteiger partial charge in [0.05, 0.1) is 24.0 Å². The maximum Gasteiger partial charge on any atom is 0.273 e. The molecule has 1 aromatic rings. The number of rotatable bonds is 7. The van der Waals surface area contributed by atoms with Gasteiger partial charge in [-0.2, -0.15) is 5.26 Å². The number of anilines is 2. The number of hydrogen-bond donors (Lipinski definition) is 1. The molecule has 19 heavy (non-hydrogen) atoms. The number of nitro benzene ring substituents is 1. The third-order valence-electron chi connectivity index (χ3n) is 2.56. The number of nitrogens with zero attached hydrogens (tertiary/aromatic N) is 3. The molecule has 0 radical (unpaired) electrons. The Kier molecular flexibility index (Phi) is 5.57. The molecule has 0 aliphatic rings. The number of nitro groups is 1. The molecule has 1 rings (SSSR count). The molecule has 0 saturated heterocycles. The number of nitrogens with two attached hydrogens (primary N) is 1. The molecule has 7 nitrogen and oxygen atoms in total. The Hall–Kier alpha value is -2.33. The van der Waals surface area contributed by atoms with Gasteiger partial charge >= 0.3 is 0 Å². The minimum Gasteiger partial charge on any atom is -0.398 e. The lowest BCUT2D eigenvalue weighted by Gasteiger charge is -2.23. The Labute approximate surface area is 111 Å². The van der Waals surface area contributed by atoms with E-state index < -0.39 is 4.92 Å². The van der Waals surface area contributed by atoms with E-state index in [-0.39, 0.29) is 5.69 Å². The van der Waals surface area contributed by atoms with Gasteiger partial charge in [0, 0.05) is 43.7 Å². The van der Waals surface area contributed by atoms with Crippen molar-refractivity contribution in [3.05, 3.63) is 28.3 Å². The lowest BCUT2D eigenvalue weighted by Crippen LogP contribution is -2.28. The average Bonchev–Trinajstić information content (AvgIpc) is 2.38. The lowest BCUT2D eigenvalue weighted by molar-refractivity contribution is -0.384. The van der Waals surface area contributed by atoms with Crippen molar-refractivity contribution < 1.29 is 9.66 Å². The molecule has 1 aromatic carbocycles. The van der Waals surface area contributed by atoms with Gasteiger partial charge in [0.15, 0.2) is 0 Å². The highest BCUT2D eigenvalue weighted by Crippen LogP contribution is 2.25. The summed E-state index contributed by atoms with van der Waals surface area (Å²) in [6, 6.07) is 6.46. The fraction of sp³-hybridized carbons (Fsp3) is 0.417. The first-order chi connectivity index (χ1) is 9.08. The molecule has 0 aliphatic heterocycles. The van der Waals surface area contributed by atoms with Gasteiger partial charge in [-0.1, -0.05) is 0 Å². The summed E-state index contributed by atoms with van der Waals surface area (Å²) in [5.41, 5.74) is 6.55. The van der Waals surface area contributed by atoms with Crippen LogP contribution in [0, 0.1) is 21.4 Å². The summed E-state index contributed by atoms with van der Waals surface area (Å²) >= 11 is 0. The largest absolute Gasteiger partial charge is 0.398 e. The Bertz CT molecular complexity index is 484. The van der Waals surface area contributed by atoms with Crippen molar-refractivity contribution in [1.82, 2.24) is 0 Å². The summed E-state index contributed by atoms with van der Waals surface area (Å²) < 4.78 is 4.99. The van der Waals surface area contributed by atoms with E-state index in [0.29, 0.717) is 37.5 Å². The van der Waals surface area contributed by atoms with E-state index in [2.05, 4.69) is 0 Å². The summed E-state index contributed by atoms with van der Waals surface area (Å²) in [5, 5.41) is 19.5. The SMILES string of the molecule is COCCN(CCC#N)c1cc(N)cc([N+](=O)[O-])c1. The molecule has 0 aliphatic carbocycles. The van der Waals surface area contributed by atoms with Crippen molar-refractivity contribution in [2.45, 2.75) is 6.42 Å². The van der Waals surface area contributed by atoms with Crippen molar-refractivity contribution in [3.8, 4) is 6.07 Å². The van der Waals surface area contributed by atoms with Crippen LogP contribution in [0.3, 0.4) is 0 Å². The minimum absolute atomic E-state index is 0.0608. The second-order valence-electron chi connectivity index (χ2n) is 3.93. The zero-order chi connectivity index (χ0) is 14.3. The van der Waals surface area contributed by atoms with Crippen LogP contribution in [0.2, 0.25) is 0 Å². The summed E-state index contributed by atoms with van der Waals surface area (Å²) in [6.45, 7) is 1.48. The van der Waals surface area contributed by atoms with E-state index in [9.17, 15) is 10.1 Å². The van der Waals surface area contributed by atoms with Crippen molar-refractivity contribution in [1.29, 1.82) is 5.26 Å². The molecule has 0 aromatic heterocycles. The molecule has 0 spiro atoms. The molecular weight excluding hydrogens is 248 g/mol. The predicted molar refractivity (Wildman–Crippen MR) is 71.8 cm³/mol. The molecule has 7 heteroatoms. The van der Waals surface area contributed by atoms with Crippen molar-refractivity contribution in [2.75, 3.05) is 37.4 Å². The maximum absolute atomic E-state index is 10.8. The van der Waals surface area contributed by atoms with E-state index in [4.69, 9.17) is 15.7 Å². The van der Waals surface area contributed by atoms with Gasteiger partial charge < -0.3 is 15.4 Å². The quantitative estimate of drug-likeness (QED) is 0.455. The first-order valence-corrected chi connectivity index (χ1v) is 5.74. The molecule has 0 unspecified atom stereocenters. The number of ether oxygens (including phenoxy) is 1. The van der Waals surface area contributed by atoms with Crippen LogP contribution in [-0.2, 0) is 4.74 Å². The van der Waals surface area contributed by atoms with Gasteiger partial charge in [0.25, 0.3) is 5.69 Å². The molecule has 0 amide bonds. The molecule has 0 bridgehead atoms. The Morgan fingerprint density at radius 1 is 1.47 bits per heavy atom. The predicted octanol–water partition coefficient (Wildman–Crippen LogP) is 1.54. The molecule has 0 fully saturated rings. The van der Waals surface area contributed by atoms with Gasteiger partial charge in [0.1, 0.15) is 0 Å².